The molecule has 0 fully saturated rings. The minimum absolute atomic E-state index is 0.234. The number of aryl methyl sites for hydroxylation is 2. The van der Waals surface area contributed by atoms with Crippen molar-refractivity contribution >= 4 is 34.4 Å². The van der Waals surface area contributed by atoms with Gasteiger partial charge in [-0.05, 0) is 94.3 Å². The number of hydrogen-bond acceptors (Lipinski definition) is 4. The van der Waals surface area contributed by atoms with Crippen molar-refractivity contribution in [1.29, 1.82) is 0 Å². The van der Waals surface area contributed by atoms with Gasteiger partial charge in [-0.2, -0.15) is 0 Å². The van der Waals surface area contributed by atoms with Gasteiger partial charge in [-0.1, -0.05) is 104 Å². The first-order chi connectivity index (χ1) is 22.7. The molecule has 4 aromatic carbocycles. The van der Waals surface area contributed by atoms with Gasteiger partial charge in [0.05, 0.1) is 0 Å². The number of ether oxygens (including phenoxy) is 1. The zero-order valence-electron chi connectivity index (χ0n) is 29.7. The molecule has 0 aliphatic carbocycles. The van der Waals surface area contributed by atoms with E-state index in [1.165, 1.54) is 0 Å². The van der Waals surface area contributed by atoms with Gasteiger partial charge in [-0.25, -0.2) is 4.79 Å². The van der Waals surface area contributed by atoms with Crippen molar-refractivity contribution in [2.45, 2.75) is 98.4 Å². The summed E-state index contributed by atoms with van der Waals surface area (Å²) in [7, 11) is 0. The summed E-state index contributed by atoms with van der Waals surface area (Å²) in [4.78, 5) is 44.6. The van der Waals surface area contributed by atoms with Crippen molar-refractivity contribution in [3.63, 3.8) is 0 Å². The Bertz CT molecular complexity index is 1690. The van der Waals surface area contributed by atoms with Crippen LogP contribution < -0.4 is 10.6 Å². The highest BCUT2D eigenvalue weighted by atomic mass is 16.6. The molecular formula is C41H51N3O4. The number of nitrogens with zero attached hydrogens (tertiary/aromatic N) is 1. The summed E-state index contributed by atoms with van der Waals surface area (Å²) < 4.78 is 5.61. The molecule has 7 heteroatoms. The third kappa shape index (κ3) is 10.2. The van der Waals surface area contributed by atoms with Gasteiger partial charge in [0, 0.05) is 18.2 Å². The maximum Gasteiger partial charge on any atom is 0.408 e. The van der Waals surface area contributed by atoms with Gasteiger partial charge in [0.1, 0.15) is 17.7 Å². The van der Waals surface area contributed by atoms with E-state index in [4.69, 9.17) is 4.74 Å². The lowest BCUT2D eigenvalue weighted by atomic mass is 9.94. The minimum atomic E-state index is -0.981. The second-order valence-corrected chi connectivity index (χ2v) is 14.3. The second kappa shape index (κ2) is 16.0. The first-order valence-electron chi connectivity index (χ1n) is 16.9. The maximum absolute atomic E-state index is 15.0. The predicted molar refractivity (Wildman–Crippen MR) is 195 cm³/mol. The summed E-state index contributed by atoms with van der Waals surface area (Å²) >= 11 is 0. The molecule has 0 saturated carbocycles. The van der Waals surface area contributed by atoms with Crippen molar-refractivity contribution in [3.8, 4) is 0 Å². The molecule has 3 atom stereocenters. The SMILES string of the molecule is Cc1cc(C)cc(C(C(=O)Nc2ccc3ccccc3c2)N(C(=O)C(Cc2ccccc2)NC(=O)OC(C)(C)C)C(C)CCC(C)C)c1. The van der Waals surface area contributed by atoms with Crippen LogP contribution in [-0.2, 0) is 20.7 Å². The van der Waals surface area contributed by atoms with E-state index in [1.807, 2.05) is 106 Å². The van der Waals surface area contributed by atoms with Gasteiger partial charge in [0.25, 0.3) is 5.91 Å². The predicted octanol–water partition coefficient (Wildman–Crippen LogP) is 8.93. The molecule has 48 heavy (non-hydrogen) atoms. The first-order valence-corrected chi connectivity index (χ1v) is 16.9. The van der Waals surface area contributed by atoms with Crippen LogP contribution in [-0.4, -0.2) is 40.5 Å². The van der Waals surface area contributed by atoms with E-state index in [0.29, 0.717) is 23.6 Å². The lowest BCUT2D eigenvalue weighted by Crippen LogP contribution is -2.55. The van der Waals surface area contributed by atoms with E-state index < -0.39 is 23.8 Å². The molecule has 0 radical (unpaired) electrons. The lowest BCUT2D eigenvalue weighted by Gasteiger charge is -2.39. The molecule has 2 N–H and O–H groups in total. The fraction of sp³-hybridized carbons (Fsp3) is 0.390. The number of benzene rings is 4. The molecule has 0 aromatic heterocycles. The molecule has 3 unspecified atom stereocenters. The van der Waals surface area contributed by atoms with Gasteiger partial charge in [-0.15, -0.1) is 0 Å². The van der Waals surface area contributed by atoms with Crippen LogP contribution in [0.2, 0.25) is 0 Å². The second-order valence-electron chi connectivity index (χ2n) is 14.3. The van der Waals surface area contributed by atoms with Crippen LogP contribution in [0.5, 0.6) is 0 Å². The van der Waals surface area contributed by atoms with Gasteiger partial charge in [0.15, 0.2) is 0 Å². The van der Waals surface area contributed by atoms with E-state index in [9.17, 15) is 9.59 Å². The highest BCUT2D eigenvalue weighted by Gasteiger charge is 2.39. The number of hydrogen-bond donors (Lipinski definition) is 2. The fourth-order valence-electron chi connectivity index (χ4n) is 6.08. The number of alkyl carbamates (subject to hydrolysis) is 1. The molecule has 0 aliphatic rings. The molecule has 0 heterocycles. The summed E-state index contributed by atoms with van der Waals surface area (Å²) in [6, 6.07) is 27.1. The maximum atomic E-state index is 15.0. The minimum Gasteiger partial charge on any atom is -0.444 e. The quantitative estimate of drug-likeness (QED) is 0.160. The van der Waals surface area contributed by atoms with Crippen molar-refractivity contribution in [3.05, 3.63) is 113 Å². The Morgan fingerprint density at radius 3 is 2.02 bits per heavy atom. The Morgan fingerprint density at radius 1 is 0.771 bits per heavy atom. The average molecular weight is 650 g/mol. The summed E-state index contributed by atoms with van der Waals surface area (Å²) in [6.07, 6.45) is 1.09. The van der Waals surface area contributed by atoms with Gasteiger partial charge in [-0.3, -0.25) is 9.59 Å². The average Bonchev–Trinajstić information content (AvgIpc) is 3.00. The first kappa shape index (κ1) is 36.2. The van der Waals surface area contributed by atoms with Crippen molar-refractivity contribution in [1.82, 2.24) is 10.2 Å². The molecule has 254 valence electrons. The lowest BCUT2D eigenvalue weighted by molar-refractivity contribution is -0.143. The summed E-state index contributed by atoms with van der Waals surface area (Å²) in [5.41, 5.74) is 3.46. The molecule has 0 bridgehead atoms. The zero-order chi connectivity index (χ0) is 35.0. The number of carbonyl (C=O) groups is 3. The Morgan fingerprint density at radius 2 is 1.40 bits per heavy atom. The van der Waals surface area contributed by atoms with Crippen molar-refractivity contribution in [2.75, 3.05) is 5.32 Å². The molecule has 0 spiro atoms. The van der Waals surface area contributed by atoms with Crippen LogP contribution in [0.4, 0.5) is 10.5 Å². The fourth-order valence-corrected chi connectivity index (χ4v) is 6.08. The van der Waals surface area contributed by atoms with Crippen LogP contribution in [0.1, 0.15) is 82.7 Å². The molecule has 7 nitrogen and oxygen atoms in total. The van der Waals surface area contributed by atoms with E-state index in [-0.39, 0.29) is 24.3 Å². The summed E-state index contributed by atoms with van der Waals surface area (Å²) in [5.74, 6) is -0.273. The topological polar surface area (TPSA) is 87.7 Å². The third-order valence-electron chi connectivity index (χ3n) is 8.27. The monoisotopic (exact) mass is 649 g/mol. The Balaban J connectivity index is 1.82. The van der Waals surface area contributed by atoms with Crippen molar-refractivity contribution < 1.29 is 19.1 Å². The summed E-state index contributed by atoms with van der Waals surface area (Å²) in [5, 5.41) is 8.09. The standard InChI is InChI=1S/C41H51N3O4/c1-27(2)18-19-30(5)44(39(46)36(25-31-14-10-9-11-15-31)43-40(47)48-41(6,7)8)37(34-23-28(3)22-29(4)24-34)38(45)42-35-21-20-32-16-12-13-17-33(32)26-35/h9-17,20-24,26-27,30,36-37H,18-19,25H2,1-8H3,(H,42,45)(H,43,47). The number of nitrogens with one attached hydrogen (secondary N) is 2. The number of anilines is 1. The van der Waals surface area contributed by atoms with Gasteiger partial charge in [0.2, 0.25) is 5.91 Å². The molecule has 0 saturated heterocycles. The Hall–Kier alpha value is -4.65. The smallest absolute Gasteiger partial charge is 0.408 e. The molecule has 4 rings (SSSR count). The number of fused-ring (bicyclic) bond motifs is 1. The van der Waals surface area contributed by atoms with Crippen molar-refractivity contribution in [2.24, 2.45) is 5.92 Å². The van der Waals surface area contributed by atoms with Crippen LogP contribution in [0.3, 0.4) is 0 Å². The van der Waals surface area contributed by atoms with Crippen LogP contribution >= 0.6 is 0 Å². The zero-order valence-corrected chi connectivity index (χ0v) is 29.7. The van der Waals surface area contributed by atoms with E-state index >= 15 is 4.79 Å². The van der Waals surface area contributed by atoms with Gasteiger partial charge >= 0.3 is 6.09 Å². The summed E-state index contributed by atoms with van der Waals surface area (Å²) in [6.45, 7) is 15.6. The molecule has 3 amide bonds. The highest BCUT2D eigenvalue weighted by molar-refractivity contribution is 6.00. The number of rotatable bonds is 12. The molecule has 0 aliphatic heterocycles. The number of carbonyl (C=O) groups excluding carboxylic acids is 3. The van der Waals surface area contributed by atoms with Crippen LogP contribution in [0.15, 0.2) is 91.0 Å². The number of amides is 3. The van der Waals surface area contributed by atoms with Gasteiger partial charge < -0.3 is 20.3 Å². The third-order valence-corrected chi connectivity index (χ3v) is 8.27. The largest absolute Gasteiger partial charge is 0.444 e. The van der Waals surface area contributed by atoms with Crippen LogP contribution in [0.25, 0.3) is 10.8 Å². The highest BCUT2D eigenvalue weighted by Crippen LogP contribution is 2.31. The van der Waals surface area contributed by atoms with Crippen LogP contribution in [0, 0.1) is 19.8 Å². The molecule has 4 aromatic rings. The van der Waals surface area contributed by atoms with E-state index in [0.717, 1.165) is 33.9 Å². The Kier molecular flexibility index (Phi) is 12.0. The Labute approximate surface area is 286 Å². The van der Waals surface area contributed by atoms with E-state index in [1.54, 1.807) is 25.7 Å². The normalized spacial score (nSPS) is 13.4. The van der Waals surface area contributed by atoms with E-state index in [2.05, 4.69) is 30.5 Å². The molecular weight excluding hydrogens is 598 g/mol.